The molecule has 2 radical (unpaired) electrons. The summed E-state index contributed by atoms with van der Waals surface area (Å²) in [5.41, 5.74) is 14.0. The Bertz CT molecular complexity index is 3160. The van der Waals surface area contributed by atoms with Gasteiger partial charge in [0.15, 0.2) is 23.3 Å². The number of hydrogen-bond acceptors (Lipinski definition) is 26. The van der Waals surface area contributed by atoms with Crippen LogP contribution >= 0.6 is 0 Å². The standard InChI is InChI=1S/2C21H22N6.C10H8N2.4ClHO4.2Cu/c2*1-14(20-24-16-8-3-4-9-17(16)25-20)22-12-7-13-23-15(2)21-26-18-10-5-6-11-19(18)27-21;1-5-11-6-2-9(1)10-3-7-12-8-4-10;4*2-1(3,4)5;;/h2*3-6,8-11H,7,12-13H2,1-2H3,(H,24,25)(H,26,27);1-8H;4*(H,2,3,4,5);;/q;;;;;;;2*+2/p-4. The third-order valence-corrected chi connectivity index (χ3v) is 10.7. The van der Waals surface area contributed by atoms with Gasteiger partial charge in [0.05, 0.1) is 67.0 Å². The van der Waals surface area contributed by atoms with Crippen molar-refractivity contribution in [3.8, 4) is 11.1 Å². The van der Waals surface area contributed by atoms with Crippen LogP contribution in [-0.2, 0) is 34.1 Å². The molecule has 30 nitrogen and oxygen atoms in total. The summed E-state index contributed by atoms with van der Waals surface area (Å²) in [5.74, 6) is 3.33. The van der Waals surface area contributed by atoms with Crippen LogP contribution in [0.3, 0.4) is 0 Å². The van der Waals surface area contributed by atoms with Gasteiger partial charge >= 0.3 is 34.1 Å². The van der Waals surface area contributed by atoms with Gasteiger partial charge in [-0.1, -0.05) is 48.5 Å². The molecule has 0 saturated carbocycles. The molecule has 6 aromatic heterocycles. The van der Waals surface area contributed by atoms with E-state index in [1.165, 1.54) is 11.1 Å². The average molecular weight is 1400 g/mol. The molecule has 0 saturated heterocycles. The number of imidazole rings is 4. The molecular weight excluding hydrogens is 1350 g/mol. The first-order chi connectivity index (χ1) is 40.4. The number of aromatic amines is 4. The molecule has 0 spiro atoms. The molecule has 0 bridgehead atoms. The van der Waals surface area contributed by atoms with Gasteiger partial charge in [-0.05, 0) is 124 Å². The molecule has 0 aliphatic rings. The maximum absolute atomic E-state index is 8.49. The van der Waals surface area contributed by atoms with Gasteiger partial charge in [0.1, 0.15) is 0 Å². The number of para-hydroxylation sites is 8. The average Bonchev–Trinajstić information content (AvgIpc) is 4.50. The number of nitrogens with zero attached hydrogens (tertiary/aromatic N) is 10. The summed E-state index contributed by atoms with van der Waals surface area (Å²) >= 11 is 0. The van der Waals surface area contributed by atoms with Gasteiger partial charge in [0, 0.05) is 51.0 Å². The Labute approximate surface area is 530 Å². The maximum atomic E-state index is 8.49. The summed E-state index contributed by atoms with van der Waals surface area (Å²) < 4.78 is 136. The number of benzene rings is 4. The molecule has 10 aromatic rings. The number of rotatable bonds is 13. The Morgan fingerprint density at radius 3 is 0.682 bits per heavy atom. The summed E-state index contributed by atoms with van der Waals surface area (Å²) in [6.07, 6.45) is 8.92. The molecule has 0 unspecified atom stereocenters. The summed E-state index contributed by atoms with van der Waals surface area (Å²) in [6, 6.07) is 40.0. The molecular formula is C52H52Cl4Cu2N14O16. The van der Waals surface area contributed by atoms with Crippen LogP contribution in [-0.4, -0.2) is 98.9 Å². The molecule has 36 heteroatoms. The van der Waals surface area contributed by atoms with Crippen LogP contribution in [0.1, 0.15) is 63.8 Å². The predicted octanol–water partition coefficient (Wildman–Crippen LogP) is -8.59. The number of nitrogens with one attached hydrogen (secondary N) is 4. The van der Waals surface area contributed by atoms with Crippen molar-refractivity contribution in [1.29, 1.82) is 0 Å². The van der Waals surface area contributed by atoms with Crippen LogP contribution in [0.15, 0.2) is 166 Å². The van der Waals surface area contributed by atoms with E-state index in [1.807, 2.05) is 149 Å². The minimum atomic E-state index is -4.94. The van der Waals surface area contributed by atoms with Crippen molar-refractivity contribution in [1.82, 2.24) is 49.8 Å². The Morgan fingerprint density at radius 1 is 0.318 bits per heavy atom. The first-order valence-electron chi connectivity index (χ1n) is 24.5. The van der Waals surface area contributed by atoms with Crippen molar-refractivity contribution in [2.24, 2.45) is 20.0 Å². The molecule has 88 heavy (non-hydrogen) atoms. The van der Waals surface area contributed by atoms with E-state index in [1.54, 1.807) is 24.8 Å². The second kappa shape index (κ2) is 38.0. The normalized spacial score (nSPS) is 12.0. The van der Waals surface area contributed by atoms with Crippen LogP contribution in [0.2, 0.25) is 0 Å². The molecule has 4 aromatic carbocycles. The molecule has 10 rings (SSSR count). The predicted molar refractivity (Wildman–Crippen MR) is 269 cm³/mol. The Morgan fingerprint density at radius 2 is 0.500 bits per heavy atom. The van der Waals surface area contributed by atoms with Crippen LogP contribution in [0.25, 0.3) is 55.3 Å². The summed E-state index contributed by atoms with van der Waals surface area (Å²) in [6.45, 7) is 10.8. The van der Waals surface area contributed by atoms with Crippen molar-refractivity contribution in [3.05, 3.63) is 169 Å². The van der Waals surface area contributed by atoms with E-state index in [0.29, 0.717) is 0 Å². The third kappa shape index (κ3) is 33.0. The van der Waals surface area contributed by atoms with E-state index in [-0.39, 0.29) is 34.1 Å². The van der Waals surface area contributed by atoms with Crippen molar-refractivity contribution in [2.45, 2.75) is 40.5 Å². The molecule has 0 aliphatic carbocycles. The van der Waals surface area contributed by atoms with E-state index in [9.17, 15) is 0 Å². The first-order valence-corrected chi connectivity index (χ1v) is 29.4. The van der Waals surface area contributed by atoms with Crippen LogP contribution in [0, 0.1) is 41.0 Å². The molecule has 476 valence electrons. The third-order valence-electron chi connectivity index (χ3n) is 10.7. The SMILES string of the molecule is CC(=NCCCN=C(C)c1nc2ccccc2[nH]1)c1nc2ccccc2[nH]1.CC(=NCCCN=C(C)c1nc2ccccc2[nH]1)c1nc2ccccc2[nH]1.[Cu+2].[Cu+2].[O-][Cl+3]([O-])([O-])[O-].[O-][Cl+3]([O-])([O-])[O-].[O-][Cl+3]([O-])([O-])[O-].[O-][Cl+3]([O-])([O-])[O-].c1cc(-c2ccncc2)ccn1. The molecule has 4 N–H and O–H groups in total. The van der Waals surface area contributed by atoms with Crippen LogP contribution in [0.5, 0.6) is 0 Å². The van der Waals surface area contributed by atoms with E-state index >= 15 is 0 Å². The number of fused-ring (bicyclic) bond motifs is 4. The smallest absolute Gasteiger partial charge is 0.337 e. The fraction of sp³-hybridized carbons (Fsp3) is 0.192. The molecule has 0 fully saturated rings. The number of aromatic nitrogens is 10. The maximum Gasteiger partial charge on any atom is 2.00 e. The van der Waals surface area contributed by atoms with E-state index < -0.39 is 41.0 Å². The van der Waals surface area contributed by atoms with E-state index in [4.69, 9.17) is 74.5 Å². The summed E-state index contributed by atoms with van der Waals surface area (Å²) in [5, 5.41) is 0. The number of pyridine rings is 2. The number of hydrogen-bond donors (Lipinski definition) is 4. The Kier molecular flexibility index (Phi) is 33.4. The van der Waals surface area contributed by atoms with Gasteiger partial charge in [-0.15, -0.1) is 41.0 Å². The monoisotopic (exact) mass is 1390 g/mol. The second-order valence-corrected chi connectivity index (χ2v) is 20.0. The Balaban J connectivity index is 0.000000400. The van der Waals surface area contributed by atoms with Gasteiger partial charge < -0.3 is 19.9 Å². The first kappa shape index (κ1) is 77.4. The van der Waals surface area contributed by atoms with Crippen molar-refractivity contribution < 1.29 is 150 Å². The molecule has 0 amide bonds. The Hall–Kier alpha value is -6.70. The van der Waals surface area contributed by atoms with Crippen molar-refractivity contribution >= 4 is 67.0 Å². The van der Waals surface area contributed by atoms with Gasteiger partial charge in [0.2, 0.25) is 0 Å². The number of H-pyrrole nitrogens is 4. The zero-order chi connectivity index (χ0) is 63.5. The van der Waals surface area contributed by atoms with Crippen LogP contribution < -0.4 is 74.5 Å². The molecule has 0 atom stereocenters. The fourth-order valence-electron chi connectivity index (χ4n) is 7.01. The summed E-state index contributed by atoms with van der Waals surface area (Å²) in [4.78, 5) is 57.9. The van der Waals surface area contributed by atoms with Crippen molar-refractivity contribution in [2.75, 3.05) is 26.2 Å². The van der Waals surface area contributed by atoms with Gasteiger partial charge in [-0.25, -0.2) is 94.5 Å². The zero-order valence-corrected chi connectivity index (χ0v) is 51.1. The number of halogens is 4. The number of aliphatic imine (C=N–C) groups is 4. The fourth-order valence-corrected chi connectivity index (χ4v) is 7.01. The molecule has 6 heterocycles. The van der Waals surface area contributed by atoms with Gasteiger partial charge in [-0.3, -0.25) is 29.9 Å². The van der Waals surface area contributed by atoms with E-state index in [0.717, 1.165) is 129 Å². The quantitative estimate of drug-likeness (QED) is 0.0473. The topological polar surface area (TPSA) is 559 Å². The molecule has 0 aliphatic heterocycles. The second-order valence-electron chi connectivity index (χ2n) is 17.0. The largest absolute Gasteiger partial charge is 2.00 e. The van der Waals surface area contributed by atoms with E-state index in [2.05, 4.69) is 69.8 Å². The van der Waals surface area contributed by atoms with Gasteiger partial charge in [-0.2, -0.15) is 0 Å². The minimum absolute atomic E-state index is 0. The van der Waals surface area contributed by atoms with Gasteiger partial charge in [0.25, 0.3) is 0 Å². The van der Waals surface area contributed by atoms with Crippen molar-refractivity contribution in [3.63, 3.8) is 0 Å². The zero-order valence-electron chi connectivity index (χ0n) is 46.2. The van der Waals surface area contributed by atoms with Crippen LogP contribution in [0.4, 0.5) is 0 Å². The summed E-state index contributed by atoms with van der Waals surface area (Å²) in [7, 11) is -19.8. The minimum Gasteiger partial charge on any atom is -0.337 e.